The van der Waals surface area contributed by atoms with E-state index in [4.69, 9.17) is 4.74 Å². The molecule has 3 aromatic rings. The standard InChI is InChI=1S/C22H25N5O2.ClH/c1-16-21(25-26-27(16)19-11-13-23-14-12-19)22(28)24-18-7-9-20(10-8-18)29-15-17-5-3-2-4-6-17;/h2-10,19,23H,11-15H2,1H3,(H,24,28);1H. The number of benzene rings is 2. The molecule has 0 spiro atoms. The third kappa shape index (κ3) is 5.17. The Morgan fingerprint density at radius 2 is 1.83 bits per heavy atom. The lowest BCUT2D eigenvalue weighted by Gasteiger charge is -2.23. The van der Waals surface area contributed by atoms with Gasteiger partial charge in [-0.2, -0.15) is 0 Å². The van der Waals surface area contributed by atoms with Crippen LogP contribution in [0, 0.1) is 6.92 Å². The number of halogens is 1. The Bertz CT molecular complexity index is 953. The van der Waals surface area contributed by atoms with Crippen LogP contribution >= 0.6 is 12.4 Å². The SMILES string of the molecule is Cc1c(C(=O)Nc2ccc(OCc3ccccc3)cc2)nnn1C1CCNCC1.Cl. The number of aromatic nitrogens is 3. The summed E-state index contributed by atoms with van der Waals surface area (Å²) in [6.07, 6.45) is 1.99. The molecule has 0 saturated carbocycles. The maximum Gasteiger partial charge on any atom is 0.278 e. The fourth-order valence-electron chi connectivity index (χ4n) is 3.51. The second kappa shape index (κ2) is 10.2. The first-order valence-corrected chi connectivity index (χ1v) is 9.91. The van der Waals surface area contributed by atoms with Crippen LogP contribution in [0.5, 0.6) is 5.75 Å². The van der Waals surface area contributed by atoms with Gasteiger partial charge in [-0.25, -0.2) is 4.68 Å². The van der Waals surface area contributed by atoms with E-state index in [2.05, 4.69) is 20.9 Å². The van der Waals surface area contributed by atoms with Crippen molar-refractivity contribution in [1.29, 1.82) is 0 Å². The summed E-state index contributed by atoms with van der Waals surface area (Å²) in [7, 11) is 0. The van der Waals surface area contributed by atoms with Crippen molar-refractivity contribution in [1.82, 2.24) is 20.3 Å². The van der Waals surface area contributed by atoms with E-state index in [1.54, 1.807) is 0 Å². The number of rotatable bonds is 6. The molecule has 0 unspecified atom stereocenters. The van der Waals surface area contributed by atoms with Gasteiger partial charge in [0.15, 0.2) is 5.69 Å². The predicted octanol–water partition coefficient (Wildman–Crippen LogP) is 3.76. The molecule has 2 N–H and O–H groups in total. The van der Waals surface area contributed by atoms with Crippen LogP contribution < -0.4 is 15.4 Å². The number of hydrogen-bond donors (Lipinski definition) is 2. The predicted molar refractivity (Wildman–Crippen MR) is 118 cm³/mol. The Balaban J connectivity index is 0.00000256. The highest BCUT2D eigenvalue weighted by Gasteiger charge is 2.22. The Labute approximate surface area is 182 Å². The van der Waals surface area contributed by atoms with Crippen LogP contribution in [0.3, 0.4) is 0 Å². The van der Waals surface area contributed by atoms with E-state index in [-0.39, 0.29) is 18.3 Å². The van der Waals surface area contributed by atoms with Gasteiger partial charge in [0.25, 0.3) is 5.91 Å². The lowest BCUT2D eigenvalue weighted by molar-refractivity contribution is 0.102. The van der Waals surface area contributed by atoms with Crippen molar-refractivity contribution in [3.05, 3.63) is 71.5 Å². The first-order valence-electron chi connectivity index (χ1n) is 9.91. The van der Waals surface area contributed by atoms with Crippen LogP contribution in [-0.4, -0.2) is 34.0 Å². The Morgan fingerprint density at radius 1 is 1.13 bits per heavy atom. The monoisotopic (exact) mass is 427 g/mol. The lowest BCUT2D eigenvalue weighted by atomic mass is 10.1. The molecule has 2 aromatic carbocycles. The minimum atomic E-state index is -0.249. The molecule has 1 aliphatic heterocycles. The van der Waals surface area contributed by atoms with Gasteiger partial charge in [0.05, 0.1) is 11.7 Å². The number of piperidine rings is 1. The van der Waals surface area contributed by atoms with E-state index in [1.165, 1.54) is 0 Å². The number of hydrogen-bond acceptors (Lipinski definition) is 5. The fraction of sp³-hybridized carbons (Fsp3) is 0.318. The first-order chi connectivity index (χ1) is 14.2. The molecule has 7 nitrogen and oxygen atoms in total. The van der Waals surface area contributed by atoms with Crippen molar-refractivity contribution in [3.8, 4) is 5.75 Å². The van der Waals surface area contributed by atoms with Gasteiger partial charge < -0.3 is 15.4 Å². The molecule has 1 amide bonds. The van der Waals surface area contributed by atoms with Crippen molar-refractivity contribution in [2.75, 3.05) is 18.4 Å². The van der Waals surface area contributed by atoms with Gasteiger partial charge in [-0.3, -0.25) is 4.79 Å². The van der Waals surface area contributed by atoms with E-state index in [9.17, 15) is 4.79 Å². The zero-order valence-electron chi connectivity index (χ0n) is 16.9. The summed E-state index contributed by atoms with van der Waals surface area (Å²) in [4.78, 5) is 12.7. The summed E-state index contributed by atoms with van der Waals surface area (Å²) in [6.45, 7) is 4.33. The molecule has 8 heteroatoms. The lowest BCUT2D eigenvalue weighted by Crippen LogP contribution is -2.30. The fourth-order valence-corrected chi connectivity index (χ4v) is 3.51. The van der Waals surface area contributed by atoms with E-state index in [1.807, 2.05) is 66.2 Å². The van der Waals surface area contributed by atoms with Crippen molar-refractivity contribution < 1.29 is 9.53 Å². The van der Waals surface area contributed by atoms with Crippen molar-refractivity contribution in [3.63, 3.8) is 0 Å². The quantitative estimate of drug-likeness (QED) is 0.626. The normalized spacial score (nSPS) is 14.0. The van der Waals surface area contributed by atoms with E-state index in [0.717, 1.165) is 42.9 Å². The van der Waals surface area contributed by atoms with Crippen LogP contribution in [0.1, 0.15) is 40.6 Å². The summed E-state index contributed by atoms with van der Waals surface area (Å²) in [5.41, 5.74) is 2.97. The van der Waals surface area contributed by atoms with Crippen LogP contribution in [0.25, 0.3) is 0 Å². The third-order valence-electron chi connectivity index (χ3n) is 5.16. The molecule has 0 aliphatic carbocycles. The van der Waals surface area contributed by atoms with Gasteiger partial charge in [0, 0.05) is 5.69 Å². The average molecular weight is 428 g/mol. The minimum Gasteiger partial charge on any atom is -0.489 e. The summed E-state index contributed by atoms with van der Waals surface area (Å²) < 4.78 is 7.67. The smallest absolute Gasteiger partial charge is 0.278 e. The van der Waals surface area contributed by atoms with Crippen LogP contribution in [-0.2, 0) is 6.61 Å². The number of nitrogens with one attached hydrogen (secondary N) is 2. The maximum atomic E-state index is 12.7. The molecule has 0 atom stereocenters. The Morgan fingerprint density at radius 3 is 2.53 bits per heavy atom. The number of nitrogens with zero attached hydrogens (tertiary/aromatic N) is 3. The summed E-state index contributed by atoms with van der Waals surface area (Å²) in [5, 5.41) is 14.6. The third-order valence-corrected chi connectivity index (χ3v) is 5.16. The highest BCUT2D eigenvalue weighted by Crippen LogP contribution is 2.21. The average Bonchev–Trinajstić information content (AvgIpc) is 3.16. The number of carbonyl (C=O) groups is 1. The number of ether oxygens (including phenoxy) is 1. The Hall–Kier alpha value is -2.90. The number of amides is 1. The zero-order valence-corrected chi connectivity index (χ0v) is 17.7. The van der Waals surface area contributed by atoms with Gasteiger partial charge in [-0.05, 0) is 62.7 Å². The molecule has 1 aliphatic rings. The second-order valence-electron chi connectivity index (χ2n) is 7.20. The summed E-state index contributed by atoms with van der Waals surface area (Å²) >= 11 is 0. The second-order valence-corrected chi connectivity index (χ2v) is 7.20. The van der Waals surface area contributed by atoms with Crippen LogP contribution in [0.4, 0.5) is 5.69 Å². The summed E-state index contributed by atoms with van der Waals surface area (Å²) in [5.74, 6) is 0.500. The topological polar surface area (TPSA) is 81.1 Å². The zero-order chi connectivity index (χ0) is 20.1. The van der Waals surface area contributed by atoms with Crippen molar-refractivity contribution >= 4 is 24.0 Å². The van der Waals surface area contributed by atoms with E-state index < -0.39 is 0 Å². The van der Waals surface area contributed by atoms with Gasteiger partial charge in [-0.1, -0.05) is 35.5 Å². The largest absolute Gasteiger partial charge is 0.489 e. The number of carbonyl (C=O) groups excluding carboxylic acids is 1. The molecule has 30 heavy (non-hydrogen) atoms. The van der Waals surface area contributed by atoms with Gasteiger partial charge in [0.1, 0.15) is 12.4 Å². The molecule has 1 saturated heterocycles. The molecule has 1 fully saturated rings. The highest BCUT2D eigenvalue weighted by molar-refractivity contribution is 6.03. The molecule has 0 radical (unpaired) electrons. The molecule has 4 rings (SSSR count). The minimum absolute atomic E-state index is 0. The maximum absolute atomic E-state index is 12.7. The van der Waals surface area contributed by atoms with Crippen molar-refractivity contribution in [2.45, 2.75) is 32.4 Å². The first kappa shape index (κ1) is 21.8. The van der Waals surface area contributed by atoms with Gasteiger partial charge >= 0.3 is 0 Å². The Kier molecular flexibility index (Phi) is 7.43. The van der Waals surface area contributed by atoms with Gasteiger partial charge in [-0.15, -0.1) is 17.5 Å². The number of anilines is 1. The van der Waals surface area contributed by atoms with Crippen LogP contribution in [0.2, 0.25) is 0 Å². The molecular weight excluding hydrogens is 402 g/mol. The van der Waals surface area contributed by atoms with Gasteiger partial charge in [0.2, 0.25) is 0 Å². The van der Waals surface area contributed by atoms with E-state index in [0.29, 0.717) is 24.0 Å². The van der Waals surface area contributed by atoms with Crippen molar-refractivity contribution in [2.24, 2.45) is 0 Å². The molecular formula is C22H26ClN5O2. The molecule has 2 heterocycles. The van der Waals surface area contributed by atoms with Crippen LogP contribution in [0.15, 0.2) is 54.6 Å². The molecule has 1 aromatic heterocycles. The summed E-state index contributed by atoms with van der Waals surface area (Å²) in [6, 6.07) is 17.6. The van der Waals surface area contributed by atoms with E-state index >= 15 is 0 Å². The highest BCUT2D eigenvalue weighted by atomic mass is 35.5. The molecule has 0 bridgehead atoms. The molecule has 158 valence electrons.